The first-order valence-electron chi connectivity index (χ1n) is 23.5. The van der Waals surface area contributed by atoms with Crippen LogP contribution in [0.2, 0.25) is 0 Å². The summed E-state index contributed by atoms with van der Waals surface area (Å²) in [6.07, 6.45) is 3.91. The van der Waals surface area contributed by atoms with E-state index in [1.807, 2.05) is 56.7 Å². The molecule has 0 bridgehead atoms. The van der Waals surface area contributed by atoms with Gasteiger partial charge in [0, 0.05) is 36.6 Å². The number of hydrogen-bond acceptors (Lipinski definition) is 11. The lowest BCUT2D eigenvalue weighted by Gasteiger charge is -2.38. The highest BCUT2D eigenvalue weighted by Crippen LogP contribution is 2.44. The number of methoxy groups -OCH3 is 3. The van der Waals surface area contributed by atoms with Crippen LogP contribution < -0.4 is 15.4 Å². The van der Waals surface area contributed by atoms with Gasteiger partial charge in [0.25, 0.3) is 0 Å². The van der Waals surface area contributed by atoms with E-state index in [4.69, 9.17) is 33.7 Å². The number of likely N-dealkylation sites (tertiary alicyclic amines) is 2. The summed E-state index contributed by atoms with van der Waals surface area (Å²) in [5.74, 6) is 1.63. The average Bonchev–Trinajstić information content (AvgIpc) is 4.14. The molecule has 4 N–H and O–H groups in total. The van der Waals surface area contributed by atoms with Crippen LogP contribution in [0.25, 0.3) is 44.2 Å². The van der Waals surface area contributed by atoms with Gasteiger partial charge in [-0.15, -0.1) is 0 Å². The van der Waals surface area contributed by atoms with Gasteiger partial charge in [-0.2, -0.15) is 0 Å². The van der Waals surface area contributed by atoms with E-state index in [1.54, 1.807) is 7.11 Å². The predicted octanol–water partition coefficient (Wildman–Crippen LogP) is 7.56. The summed E-state index contributed by atoms with van der Waals surface area (Å²) in [6.45, 7) is 11.2. The predicted molar refractivity (Wildman–Crippen MR) is 250 cm³/mol. The summed E-state index contributed by atoms with van der Waals surface area (Å²) in [7, 11) is 4.27. The summed E-state index contributed by atoms with van der Waals surface area (Å²) in [5, 5.41) is 7.60. The van der Waals surface area contributed by atoms with Crippen LogP contribution in [0, 0.1) is 17.8 Å². The molecular weight excluding hydrogens is 857 g/mol. The molecule has 9 rings (SSSR count). The normalized spacial score (nSPS) is 24.5. The molecule has 3 saturated heterocycles. The van der Waals surface area contributed by atoms with Crippen molar-refractivity contribution in [2.75, 3.05) is 34.5 Å². The third kappa shape index (κ3) is 8.90. The van der Waals surface area contributed by atoms with Crippen LogP contribution in [-0.2, 0) is 35.1 Å². The van der Waals surface area contributed by atoms with E-state index < -0.39 is 24.3 Å². The highest BCUT2D eigenvalue weighted by atomic mass is 16.5. The average molecular weight is 919 g/mol. The molecule has 0 spiro atoms. The summed E-state index contributed by atoms with van der Waals surface area (Å²) in [6, 6.07) is 12.4. The first-order valence-corrected chi connectivity index (χ1v) is 23.5. The number of imidazole rings is 2. The van der Waals surface area contributed by atoms with Crippen molar-refractivity contribution in [1.82, 2.24) is 40.4 Å². The quantitative estimate of drug-likeness (QED) is 0.102. The zero-order valence-electron chi connectivity index (χ0n) is 39.5. The SMILES string of the molecule is COC[C@H]1C[C@@H](c2ncc(-c3ccc4c(c3)COc3cc5c(ccc6nc([C@@H]7CC[C@H](C)N7C(=O)[C@@H](NC(=O)OC)C(C)C)[nH]c65)cc3-4)[nH]2)N(C(=O)[C@@H](NC(=O)OC)C2C[C@@H](C)O[C@H](C)C2)C1. The van der Waals surface area contributed by atoms with Crippen LogP contribution in [0.5, 0.6) is 5.75 Å². The van der Waals surface area contributed by atoms with Gasteiger partial charge in [0.15, 0.2) is 0 Å². The number of H-pyrrole nitrogens is 2. The van der Waals surface area contributed by atoms with Gasteiger partial charge in [0.2, 0.25) is 11.8 Å². The molecule has 356 valence electrons. The van der Waals surface area contributed by atoms with Gasteiger partial charge < -0.3 is 54.1 Å². The minimum Gasteiger partial charge on any atom is -0.488 e. The Balaban J connectivity index is 0.967. The molecule has 17 nitrogen and oxygen atoms in total. The third-order valence-corrected chi connectivity index (χ3v) is 14.2. The number of rotatable bonds is 11. The van der Waals surface area contributed by atoms with Crippen molar-refractivity contribution >= 4 is 45.8 Å². The standard InChI is InChI=1S/C50H62N8O9/c1-25(2)42(55-49(61)64-7)48(60)58-26(3)9-14-39(58)46-52-37-13-11-30-19-36-34-12-10-31(18-33(34)24-66-41(36)20-35(30)44(37)54-46)38-21-51-45(53-38)40-17-29(23-63-6)22-57(40)47(59)43(56-50(62)65-8)32-15-27(4)67-28(5)16-32/h10-13,18-21,25-29,32,39-40,42-43H,9,14-17,22-24H2,1-8H3,(H,51,53)(H,52,54)(H,55,61)(H,56,62)/t26-,27+,28+,29-,39-,40-,42-,43-/m0/s1. The molecule has 0 unspecified atom stereocenters. The van der Waals surface area contributed by atoms with Crippen LogP contribution in [-0.4, -0.2) is 119 Å². The molecule has 6 heterocycles. The van der Waals surface area contributed by atoms with E-state index in [0.29, 0.717) is 50.7 Å². The first kappa shape index (κ1) is 45.9. The lowest BCUT2D eigenvalue weighted by Crippen LogP contribution is -2.54. The minimum absolute atomic E-state index is 0.0338. The first-order chi connectivity index (χ1) is 32.2. The highest BCUT2D eigenvalue weighted by molar-refractivity contribution is 6.07. The smallest absolute Gasteiger partial charge is 0.407 e. The van der Waals surface area contributed by atoms with Crippen molar-refractivity contribution in [2.45, 2.75) is 116 Å². The molecule has 5 aromatic rings. The minimum atomic E-state index is -0.783. The topological polar surface area (TPSA) is 202 Å². The number of carbonyl (C=O) groups is 4. The van der Waals surface area contributed by atoms with Crippen molar-refractivity contribution in [1.29, 1.82) is 0 Å². The van der Waals surface area contributed by atoms with Crippen LogP contribution in [0.1, 0.15) is 96.0 Å². The molecule has 4 aliphatic heterocycles. The number of aromatic nitrogens is 4. The monoisotopic (exact) mass is 918 g/mol. The van der Waals surface area contributed by atoms with E-state index in [-0.39, 0.29) is 59.9 Å². The second kappa shape index (κ2) is 18.8. The Bertz CT molecular complexity index is 2670. The Morgan fingerprint density at radius 1 is 0.851 bits per heavy atom. The Morgan fingerprint density at radius 2 is 1.61 bits per heavy atom. The second-order valence-corrected chi connectivity index (χ2v) is 19.2. The Morgan fingerprint density at radius 3 is 2.34 bits per heavy atom. The van der Waals surface area contributed by atoms with Gasteiger partial charge in [0.05, 0.1) is 68.0 Å². The number of nitrogens with one attached hydrogen (secondary N) is 4. The molecule has 3 fully saturated rings. The Hall–Kier alpha value is -6.20. The fourth-order valence-electron chi connectivity index (χ4n) is 11.0. The van der Waals surface area contributed by atoms with Gasteiger partial charge in [-0.3, -0.25) is 9.59 Å². The molecule has 3 aromatic carbocycles. The molecule has 0 radical (unpaired) electrons. The third-order valence-electron chi connectivity index (χ3n) is 14.2. The van der Waals surface area contributed by atoms with Crippen LogP contribution in [0.4, 0.5) is 9.59 Å². The number of amides is 4. The molecule has 0 aliphatic carbocycles. The van der Waals surface area contributed by atoms with Crippen molar-refractivity contribution in [3.8, 4) is 28.1 Å². The number of fused-ring (bicyclic) bond motifs is 6. The Labute approximate surface area is 390 Å². The number of alkyl carbamates (subject to hydrolysis) is 2. The number of aromatic amines is 2. The number of hydrogen-bond donors (Lipinski definition) is 4. The molecular formula is C50H62N8O9. The second-order valence-electron chi connectivity index (χ2n) is 19.2. The number of ether oxygens (including phenoxy) is 5. The maximum Gasteiger partial charge on any atom is 0.407 e. The fourth-order valence-corrected chi connectivity index (χ4v) is 11.0. The summed E-state index contributed by atoms with van der Waals surface area (Å²) < 4.78 is 27.8. The van der Waals surface area contributed by atoms with Crippen molar-refractivity contribution in [2.24, 2.45) is 17.8 Å². The van der Waals surface area contributed by atoms with Crippen molar-refractivity contribution in [3.05, 3.63) is 65.9 Å². The zero-order valence-corrected chi connectivity index (χ0v) is 39.5. The number of benzene rings is 3. The van der Waals surface area contributed by atoms with Gasteiger partial charge in [0.1, 0.15) is 36.1 Å². The largest absolute Gasteiger partial charge is 0.488 e. The maximum absolute atomic E-state index is 14.6. The van der Waals surface area contributed by atoms with Gasteiger partial charge in [-0.25, -0.2) is 19.6 Å². The van der Waals surface area contributed by atoms with Crippen LogP contribution in [0.15, 0.2) is 48.7 Å². The fraction of sp³-hybridized carbons (Fsp3) is 0.520. The number of carbonyl (C=O) groups excluding carboxylic acids is 4. The zero-order chi connectivity index (χ0) is 47.3. The Kier molecular flexibility index (Phi) is 12.9. The van der Waals surface area contributed by atoms with Crippen molar-refractivity contribution < 1.29 is 42.9 Å². The summed E-state index contributed by atoms with van der Waals surface area (Å²) in [4.78, 5) is 74.1. The van der Waals surface area contributed by atoms with E-state index in [1.165, 1.54) is 14.2 Å². The summed E-state index contributed by atoms with van der Waals surface area (Å²) in [5.41, 5.74) is 6.50. The molecule has 0 saturated carbocycles. The molecule has 8 atom stereocenters. The van der Waals surface area contributed by atoms with E-state index in [9.17, 15) is 19.2 Å². The maximum atomic E-state index is 14.6. The van der Waals surface area contributed by atoms with Crippen molar-refractivity contribution in [3.63, 3.8) is 0 Å². The van der Waals surface area contributed by atoms with Gasteiger partial charge >= 0.3 is 12.2 Å². The van der Waals surface area contributed by atoms with E-state index >= 15 is 0 Å². The highest BCUT2D eigenvalue weighted by Gasteiger charge is 2.45. The summed E-state index contributed by atoms with van der Waals surface area (Å²) >= 11 is 0. The number of nitrogens with zero attached hydrogens (tertiary/aromatic N) is 4. The molecule has 4 amide bonds. The molecule has 4 aliphatic rings. The lowest BCUT2D eigenvalue weighted by molar-refractivity contribution is -0.139. The van der Waals surface area contributed by atoms with Crippen LogP contribution >= 0.6 is 0 Å². The lowest BCUT2D eigenvalue weighted by atomic mass is 9.85. The van der Waals surface area contributed by atoms with Gasteiger partial charge in [-0.05, 0) is 111 Å². The van der Waals surface area contributed by atoms with Gasteiger partial charge in [-0.1, -0.05) is 32.0 Å². The van der Waals surface area contributed by atoms with E-state index in [2.05, 4.69) is 57.0 Å². The molecule has 67 heavy (non-hydrogen) atoms. The molecule has 2 aromatic heterocycles. The van der Waals surface area contributed by atoms with Crippen LogP contribution in [0.3, 0.4) is 0 Å². The van der Waals surface area contributed by atoms with E-state index in [0.717, 1.165) is 68.3 Å². The molecule has 17 heteroatoms.